The minimum absolute atomic E-state index is 0.00843. The van der Waals surface area contributed by atoms with Crippen LogP contribution in [0.4, 0.5) is 0 Å². The monoisotopic (exact) mass is 567 g/mol. The van der Waals surface area contributed by atoms with Crippen molar-refractivity contribution in [2.45, 2.75) is 45.8 Å². The van der Waals surface area contributed by atoms with Gasteiger partial charge in [0.2, 0.25) is 6.10 Å². The van der Waals surface area contributed by atoms with Gasteiger partial charge in [-0.2, -0.15) is 0 Å². The number of hydrogen-bond acceptors (Lipinski definition) is 7. The van der Waals surface area contributed by atoms with Crippen molar-refractivity contribution in [1.82, 2.24) is 15.1 Å². The first kappa shape index (κ1) is 30.7. The van der Waals surface area contributed by atoms with E-state index < -0.39 is 6.10 Å². The number of amides is 2. The van der Waals surface area contributed by atoms with Crippen LogP contribution in [0.5, 0.6) is 17.2 Å². The third-order valence-electron chi connectivity index (χ3n) is 7.91. The van der Waals surface area contributed by atoms with E-state index in [-0.39, 0.29) is 36.3 Å². The smallest absolute Gasteiger partial charge is 0.267 e. The number of benzene rings is 2. The van der Waals surface area contributed by atoms with Crippen molar-refractivity contribution >= 4 is 11.8 Å². The molecule has 9 nitrogen and oxygen atoms in total. The molecular formula is C32H45N3O6. The Kier molecular flexibility index (Phi) is 10.9. The van der Waals surface area contributed by atoms with E-state index in [2.05, 4.69) is 12.2 Å². The van der Waals surface area contributed by atoms with Gasteiger partial charge in [-0.15, -0.1) is 0 Å². The van der Waals surface area contributed by atoms with Crippen molar-refractivity contribution in [2.24, 2.45) is 11.8 Å². The molecule has 0 aromatic heterocycles. The summed E-state index contributed by atoms with van der Waals surface area (Å²) >= 11 is 0. The Hall–Kier alpha value is -3.30. The molecule has 41 heavy (non-hydrogen) atoms. The van der Waals surface area contributed by atoms with Crippen LogP contribution >= 0.6 is 0 Å². The zero-order valence-corrected chi connectivity index (χ0v) is 25.1. The standard InChI is InChI=1S/C32H45N3O6/c1-6-23-12-13-24(16-29(23)39-15-9-14-38-5)31(36)35(22(2)3)20-26-18-33-17-25(26)19-34(4)32(37)30-21-40-27-10-7-8-11-28(27)41-30/h7-8,10-13,16,22,25-26,30,33H,6,9,14-15,17-21H2,1-5H3/t25-,26-,30-/m0/s1. The summed E-state index contributed by atoms with van der Waals surface area (Å²) in [7, 11) is 3.49. The largest absolute Gasteiger partial charge is 0.493 e. The van der Waals surface area contributed by atoms with Crippen LogP contribution in [0.3, 0.4) is 0 Å². The lowest BCUT2D eigenvalue weighted by Crippen LogP contribution is -2.48. The molecule has 2 aromatic carbocycles. The molecule has 2 aliphatic heterocycles. The van der Waals surface area contributed by atoms with Crippen LogP contribution in [0.1, 0.15) is 43.1 Å². The van der Waals surface area contributed by atoms with Gasteiger partial charge >= 0.3 is 0 Å². The van der Waals surface area contributed by atoms with Crippen LogP contribution in [0.2, 0.25) is 0 Å². The molecule has 2 amide bonds. The molecule has 0 bridgehead atoms. The van der Waals surface area contributed by atoms with Crippen LogP contribution in [0, 0.1) is 11.8 Å². The summed E-state index contributed by atoms with van der Waals surface area (Å²) in [6, 6.07) is 13.2. The molecule has 1 saturated heterocycles. The molecule has 2 heterocycles. The number of rotatable bonds is 13. The number of carbonyl (C=O) groups is 2. The van der Waals surface area contributed by atoms with Crippen LogP contribution in [-0.4, -0.2) is 93.9 Å². The summed E-state index contributed by atoms with van der Waals surface area (Å²) in [6.07, 6.45) is 0.943. The van der Waals surface area contributed by atoms with Crippen LogP contribution in [0.15, 0.2) is 42.5 Å². The number of fused-ring (bicyclic) bond motifs is 1. The Labute approximate surface area is 244 Å². The first-order valence-electron chi connectivity index (χ1n) is 14.7. The van der Waals surface area contributed by atoms with Gasteiger partial charge in [0.15, 0.2) is 11.5 Å². The highest BCUT2D eigenvalue weighted by atomic mass is 16.6. The topological polar surface area (TPSA) is 89.6 Å². The highest BCUT2D eigenvalue weighted by Crippen LogP contribution is 2.31. The van der Waals surface area contributed by atoms with Gasteiger partial charge in [-0.25, -0.2) is 0 Å². The minimum Gasteiger partial charge on any atom is -0.493 e. The summed E-state index contributed by atoms with van der Waals surface area (Å²) in [5.74, 6) is 2.31. The lowest BCUT2D eigenvalue weighted by molar-refractivity contribution is -0.140. The van der Waals surface area contributed by atoms with E-state index in [0.717, 1.165) is 37.2 Å². The van der Waals surface area contributed by atoms with Crippen LogP contribution in [-0.2, 0) is 16.0 Å². The van der Waals surface area contributed by atoms with E-state index in [1.165, 1.54) is 0 Å². The van der Waals surface area contributed by atoms with Gasteiger partial charge in [0.25, 0.3) is 11.8 Å². The number of likely N-dealkylation sites (N-methyl/N-ethyl adjacent to an activating group) is 1. The number of ether oxygens (including phenoxy) is 4. The molecule has 0 aliphatic carbocycles. The zero-order valence-electron chi connectivity index (χ0n) is 25.1. The number of hydrogen-bond donors (Lipinski definition) is 1. The molecule has 3 atom stereocenters. The van der Waals surface area contributed by atoms with Gasteiger partial charge in [-0.3, -0.25) is 9.59 Å². The molecule has 0 radical (unpaired) electrons. The van der Waals surface area contributed by atoms with Crippen molar-refractivity contribution in [3.8, 4) is 17.2 Å². The fraction of sp³-hybridized carbons (Fsp3) is 0.562. The Balaban J connectivity index is 1.39. The van der Waals surface area contributed by atoms with Crippen molar-refractivity contribution in [1.29, 1.82) is 0 Å². The Morgan fingerprint density at radius 1 is 1.05 bits per heavy atom. The third-order valence-corrected chi connectivity index (χ3v) is 7.91. The molecule has 0 spiro atoms. The molecule has 4 rings (SSSR count). The van der Waals surface area contributed by atoms with Crippen molar-refractivity contribution < 1.29 is 28.5 Å². The van der Waals surface area contributed by atoms with E-state index in [9.17, 15) is 9.59 Å². The number of para-hydroxylation sites is 2. The van der Waals surface area contributed by atoms with Gasteiger partial charge in [-0.05, 0) is 61.9 Å². The Morgan fingerprint density at radius 2 is 1.78 bits per heavy atom. The average Bonchev–Trinajstić information content (AvgIpc) is 3.43. The van der Waals surface area contributed by atoms with E-state index in [0.29, 0.717) is 43.4 Å². The minimum atomic E-state index is -0.673. The number of carbonyl (C=O) groups excluding carboxylic acids is 2. The molecule has 1 N–H and O–H groups in total. The first-order valence-corrected chi connectivity index (χ1v) is 14.7. The molecule has 0 unspecified atom stereocenters. The molecule has 0 saturated carbocycles. The SMILES string of the molecule is CCc1ccc(C(=O)N(C[C@@H]2CNC[C@H]2CN(C)C(=O)[C@@H]2COc3ccccc3O2)C(C)C)cc1OCCCOC. The fourth-order valence-corrected chi connectivity index (χ4v) is 5.49. The molecular weight excluding hydrogens is 522 g/mol. The lowest BCUT2D eigenvalue weighted by Gasteiger charge is -2.34. The lowest BCUT2D eigenvalue weighted by atomic mass is 9.93. The van der Waals surface area contributed by atoms with E-state index in [4.69, 9.17) is 18.9 Å². The van der Waals surface area contributed by atoms with Crippen molar-refractivity contribution in [3.05, 3.63) is 53.6 Å². The number of nitrogens with zero attached hydrogens (tertiary/aromatic N) is 2. The van der Waals surface area contributed by atoms with Crippen LogP contribution < -0.4 is 19.5 Å². The predicted octanol–water partition coefficient (Wildman–Crippen LogP) is 3.65. The summed E-state index contributed by atoms with van der Waals surface area (Å²) in [4.78, 5) is 30.7. The fourth-order valence-electron chi connectivity index (χ4n) is 5.49. The summed E-state index contributed by atoms with van der Waals surface area (Å²) in [5, 5.41) is 3.48. The second kappa shape index (κ2) is 14.5. The average molecular weight is 568 g/mol. The van der Waals surface area contributed by atoms with E-state index in [1.54, 1.807) is 12.0 Å². The molecule has 9 heteroatoms. The second-order valence-corrected chi connectivity index (χ2v) is 11.2. The predicted molar refractivity (Wildman–Crippen MR) is 158 cm³/mol. The van der Waals surface area contributed by atoms with Gasteiger partial charge in [0.1, 0.15) is 12.4 Å². The molecule has 2 aromatic rings. The zero-order chi connectivity index (χ0) is 29.4. The van der Waals surface area contributed by atoms with Gasteiger partial charge in [0, 0.05) is 65.0 Å². The quantitative estimate of drug-likeness (QED) is 0.370. The van der Waals surface area contributed by atoms with Gasteiger partial charge in [0.05, 0.1) is 6.61 Å². The van der Waals surface area contributed by atoms with E-state index in [1.807, 2.05) is 68.3 Å². The maximum Gasteiger partial charge on any atom is 0.267 e. The number of nitrogens with one attached hydrogen (secondary N) is 1. The van der Waals surface area contributed by atoms with Crippen molar-refractivity contribution in [2.75, 3.05) is 60.2 Å². The summed E-state index contributed by atoms with van der Waals surface area (Å²) in [6.45, 7) is 10.3. The molecule has 2 aliphatic rings. The highest BCUT2D eigenvalue weighted by molar-refractivity contribution is 5.95. The Morgan fingerprint density at radius 3 is 2.49 bits per heavy atom. The normalized spacial score (nSPS) is 19.7. The van der Waals surface area contributed by atoms with Crippen LogP contribution in [0.25, 0.3) is 0 Å². The number of methoxy groups -OCH3 is 1. The third kappa shape index (κ3) is 7.71. The molecule has 224 valence electrons. The van der Waals surface area contributed by atoms with Gasteiger partial charge < -0.3 is 34.1 Å². The summed E-state index contributed by atoms with van der Waals surface area (Å²) < 4.78 is 22.9. The maximum absolute atomic E-state index is 13.8. The van der Waals surface area contributed by atoms with Crippen molar-refractivity contribution in [3.63, 3.8) is 0 Å². The summed E-state index contributed by atoms with van der Waals surface area (Å²) in [5.41, 5.74) is 1.71. The second-order valence-electron chi connectivity index (χ2n) is 11.2. The Bertz CT molecular complexity index is 1170. The van der Waals surface area contributed by atoms with E-state index >= 15 is 0 Å². The maximum atomic E-state index is 13.8. The van der Waals surface area contributed by atoms with Gasteiger partial charge in [-0.1, -0.05) is 25.1 Å². The number of aryl methyl sites for hydroxylation is 1. The molecule has 1 fully saturated rings. The first-order chi connectivity index (χ1) is 19.8. The highest BCUT2D eigenvalue weighted by Gasteiger charge is 2.35.